The number of hydrogen-bond acceptors (Lipinski definition) is 4. The van der Waals surface area contributed by atoms with E-state index < -0.39 is 0 Å². The van der Waals surface area contributed by atoms with Gasteiger partial charge in [0.1, 0.15) is 6.33 Å². The molecule has 1 unspecified atom stereocenters. The number of nitrogens with zero attached hydrogens (tertiary/aromatic N) is 3. The van der Waals surface area contributed by atoms with Crippen molar-refractivity contribution in [2.24, 2.45) is 5.73 Å². The van der Waals surface area contributed by atoms with E-state index >= 15 is 0 Å². The van der Waals surface area contributed by atoms with Gasteiger partial charge in [-0.2, -0.15) is 0 Å². The number of aromatic nitrogens is 3. The van der Waals surface area contributed by atoms with E-state index in [4.69, 9.17) is 5.73 Å². The summed E-state index contributed by atoms with van der Waals surface area (Å²) in [4.78, 5) is 12.2. The summed E-state index contributed by atoms with van der Waals surface area (Å²) in [5.41, 5.74) is 8.07. The van der Waals surface area contributed by atoms with E-state index in [1.54, 1.807) is 18.6 Å². The molecule has 0 spiro atoms. The summed E-state index contributed by atoms with van der Waals surface area (Å²) in [6, 6.07) is 5.88. The summed E-state index contributed by atoms with van der Waals surface area (Å²) in [5, 5.41) is 0. The van der Waals surface area contributed by atoms with E-state index in [1.165, 1.54) is 6.33 Å². The Kier molecular flexibility index (Phi) is 3.56. The lowest BCUT2D eigenvalue weighted by atomic mass is 10.0. The first-order valence-corrected chi connectivity index (χ1v) is 5.26. The first-order valence-electron chi connectivity index (χ1n) is 5.26. The molecule has 2 aromatic rings. The van der Waals surface area contributed by atoms with Gasteiger partial charge in [-0.1, -0.05) is 6.07 Å². The highest BCUT2D eigenvalue weighted by atomic mass is 14.8. The Balaban J connectivity index is 1.92. The fourth-order valence-electron chi connectivity index (χ4n) is 1.52. The van der Waals surface area contributed by atoms with E-state index in [0.717, 1.165) is 24.1 Å². The van der Waals surface area contributed by atoms with Crippen molar-refractivity contribution in [1.29, 1.82) is 0 Å². The predicted octanol–water partition coefficient (Wildman–Crippen LogP) is 1.50. The molecule has 16 heavy (non-hydrogen) atoms. The van der Waals surface area contributed by atoms with Gasteiger partial charge in [0.05, 0.1) is 0 Å². The minimum Gasteiger partial charge on any atom is -0.324 e. The largest absolute Gasteiger partial charge is 0.324 e. The summed E-state index contributed by atoms with van der Waals surface area (Å²) in [7, 11) is 0. The minimum absolute atomic E-state index is 0.0248. The van der Waals surface area contributed by atoms with Crippen LogP contribution >= 0.6 is 0 Å². The molecule has 2 rings (SSSR count). The van der Waals surface area contributed by atoms with Crippen LogP contribution < -0.4 is 5.73 Å². The van der Waals surface area contributed by atoms with Crippen LogP contribution in [-0.2, 0) is 6.42 Å². The molecule has 4 nitrogen and oxygen atoms in total. The van der Waals surface area contributed by atoms with Gasteiger partial charge in [-0.3, -0.25) is 4.98 Å². The zero-order chi connectivity index (χ0) is 11.2. The second-order valence-electron chi connectivity index (χ2n) is 3.64. The molecule has 0 amide bonds. The fraction of sp³-hybridized carbons (Fsp3) is 0.250. The Hall–Kier alpha value is -1.81. The van der Waals surface area contributed by atoms with Crippen molar-refractivity contribution in [3.63, 3.8) is 0 Å². The van der Waals surface area contributed by atoms with Crippen LogP contribution in [0, 0.1) is 0 Å². The van der Waals surface area contributed by atoms with E-state index in [2.05, 4.69) is 15.0 Å². The molecular weight excluding hydrogens is 200 g/mol. The molecule has 2 N–H and O–H groups in total. The van der Waals surface area contributed by atoms with Gasteiger partial charge in [0.2, 0.25) is 0 Å². The average Bonchev–Trinajstić information content (AvgIpc) is 2.38. The smallest absolute Gasteiger partial charge is 0.115 e. The van der Waals surface area contributed by atoms with Crippen molar-refractivity contribution in [1.82, 2.24) is 15.0 Å². The standard InChI is InChI=1S/C12H14N4/c13-12(10-7-14-9-15-8-10)5-4-11-3-1-2-6-16-11/h1-3,6-9,12H,4-5,13H2. The molecule has 2 aromatic heterocycles. The zero-order valence-corrected chi connectivity index (χ0v) is 8.95. The van der Waals surface area contributed by atoms with E-state index in [0.29, 0.717) is 0 Å². The number of aryl methyl sites for hydroxylation is 1. The van der Waals surface area contributed by atoms with Crippen LogP contribution in [0.25, 0.3) is 0 Å². The molecule has 0 fully saturated rings. The lowest BCUT2D eigenvalue weighted by Gasteiger charge is -2.10. The minimum atomic E-state index is -0.0248. The Morgan fingerprint density at radius 2 is 2.00 bits per heavy atom. The Morgan fingerprint density at radius 3 is 2.69 bits per heavy atom. The molecule has 0 aromatic carbocycles. The third-order valence-electron chi connectivity index (χ3n) is 2.45. The topological polar surface area (TPSA) is 64.7 Å². The Morgan fingerprint density at radius 1 is 1.19 bits per heavy atom. The SMILES string of the molecule is NC(CCc1ccccn1)c1cncnc1. The molecule has 0 aliphatic carbocycles. The maximum atomic E-state index is 6.04. The highest BCUT2D eigenvalue weighted by molar-refractivity contribution is 5.10. The lowest BCUT2D eigenvalue weighted by Crippen LogP contribution is -2.12. The van der Waals surface area contributed by atoms with Crippen molar-refractivity contribution in [3.8, 4) is 0 Å². The van der Waals surface area contributed by atoms with E-state index in [-0.39, 0.29) is 6.04 Å². The van der Waals surface area contributed by atoms with Crippen LogP contribution in [0.1, 0.15) is 23.7 Å². The summed E-state index contributed by atoms with van der Waals surface area (Å²) in [6.07, 6.45) is 8.55. The normalized spacial score (nSPS) is 12.3. The van der Waals surface area contributed by atoms with Crippen LogP contribution in [0.2, 0.25) is 0 Å². The summed E-state index contributed by atoms with van der Waals surface area (Å²) < 4.78 is 0. The van der Waals surface area contributed by atoms with E-state index in [9.17, 15) is 0 Å². The fourth-order valence-corrected chi connectivity index (χ4v) is 1.52. The number of pyridine rings is 1. The number of rotatable bonds is 4. The summed E-state index contributed by atoms with van der Waals surface area (Å²) >= 11 is 0. The monoisotopic (exact) mass is 214 g/mol. The molecule has 0 saturated heterocycles. The van der Waals surface area contributed by atoms with Gasteiger partial charge in [0.15, 0.2) is 0 Å². The maximum absolute atomic E-state index is 6.04. The average molecular weight is 214 g/mol. The molecule has 2 heterocycles. The third-order valence-corrected chi connectivity index (χ3v) is 2.45. The zero-order valence-electron chi connectivity index (χ0n) is 8.95. The molecule has 1 atom stereocenters. The van der Waals surface area contributed by atoms with Gasteiger partial charge in [0.25, 0.3) is 0 Å². The quantitative estimate of drug-likeness (QED) is 0.837. The van der Waals surface area contributed by atoms with Crippen LogP contribution in [0.15, 0.2) is 43.1 Å². The van der Waals surface area contributed by atoms with Gasteiger partial charge in [-0.15, -0.1) is 0 Å². The summed E-state index contributed by atoms with van der Waals surface area (Å²) in [5.74, 6) is 0. The first-order chi connectivity index (χ1) is 7.86. The highest BCUT2D eigenvalue weighted by Crippen LogP contribution is 2.13. The molecular formula is C12H14N4. The lowest BCUT2D eigenvalue weighted by molar-refractivity contribution is 0.638. The van der Waals surface area contributed by atoms with Gasteiger partial charge >= 0.3 is 0 Å². The van der Waals surface area contributed by atoms with Crippen LogP contribution in [0.4, 0.5) is 0 Å². The van der Waals surface area contributed by atoms with Crippen molar-refractivity contribution >= 4 is 0 Å². The molecule has 4 heteroatoms. The van der Waals surface area contributed by atoms with Crippen molar-refractivity contribution < 1.29 is 0 Å². The summed E-state index contributed by atoms with van der Waals surface area (Å²) in [6.45, 7) is 0. The molecule has 0 saturated carbocycles. The van der Waals surface area contributed by atoms with Crippen LogP contribution in [0.3, 0.4) is 0 Å². The van der Waals surface area contributed by atoms with Crippen molar-refractivity contribution in [3.05, 3.63) is 54.4 Å². The number of hydrogen-bond donors (Lipinski definition) is 1. The van der Waals surface area contributed by atoms with Gasteiger partial charge < -0.3 is 5.73 Å². The predicted molar refractivity (Wildman–Crippen MR) is 61.5 cm³/mol. The van der Waals surface area contributed by atoms with Crippen LogP contribution in [0.5, 0.6) is 0 Å². The third kappa shape index (κ3) is 2.84. The van der Waals surface area contributed by atoms with Gasteiger partial charge in [-0.25, -0.2) is 9.97 Å². The second kappa shape index (κ2) is 5.32. The Labute approximate surface area is 94.6 Å². The van der Waals surface area contributed by atoms with Crippen molar-refractivity contribution in [2.75, 3.05) is 0 Å². The van der Waals surface area contributed by atoms with Gasteiger partial charge in [-0.05, 0) is 25.0 Å². The van der Waals surface area contributed by atoms with Gasteiger partial charge in [0, 0.05) is 35.9 Å². The Bertz CT molecular complexity index is 416. The number of nitrogens with two attached hydrogens (primary N) is 1. The maximum Gasteiger partial charge on any atom is 0.115 e. The molecule has 0 bridgehead atoms. The van der Waals surface area contributed by atoms with Crippen LogP contribution in [-0.4, -0.2) is 15.0 Å². The highest BCUT2D eigenvalue weighted by Gasteiger charge is 2.06. The molecule has 0 aliphatic rings. The van der Waals surface area contributed by atoms with E-state index in [1.807, 2.05) is 18.2 Å². The van der Waals surface area contributed by atoms with Crippen molar-refractivity contribution in [2.45, 2.75) is 18.9 Å². The molecule has 0 aliphatic heterocycles. The molecule has 82 valence electrons. The second-order valence-corrected chi connectivity index (χ2v) is 3.64. The first kappa shape index (κ1) is 10.7. The molecule has 0 radical (unpaired) electrons.